The Morgan fingerprint density at radius 1 is 0.326 bits per heavy atom. The Bertz CT molecular complexity index is 2630. The average Bonchev–Trinajstić information content (AvgIpc) is 3.58. The highest BCUT2D eigenvalue weighted by molar-refractivity contribution is 7.99. The SMILES string of the molecule is c1ccc2c(c1)Sc1cccc3ccc(-c4cccc5c4-c4ccccc4C54c5ccccc5-c5cc6ccccc6cc54)c-2c13. The molecule has 1 spiro atoms. The lowest BCUT2D eigenvalue weighted by molar-refractivity contribution is 0.795. The second kappa shape index (κ2) is 8.88. The summed E-state index contributed by atoms with van der Waals surface area (Å²) in [5, 5.41) is 5.24. The fraction of sp³-hybridized carbons (Fsp3) is 0.0222. The molecule has 0 saturated carbocycles. The van der Waals surface area contributed by atoms with Crippen LogP contribution in [0.5, 0.6) is 0 Å². The molecule has 0 saturated heterocycles. The van der Waals surface area contributed by atoms with Crippen molar-refractivity contribution < 1.29 is 0 Å². The van der Waals surface area contributed by atoms with Crippen molar-refractivity contribution in [2.24, 2.45) is 0 Å². The van der Waals surface area contributed by atoms with Crippen molar-refractivity contribution in [3.05, 3.63) is 180 Å². The normalized spacial score (nSPS) is 16.3. The number of benzene rings is 8. The van der Waals surface area contributed by atoms with Gasteiger partial charge in [0.15, 0.2) is 0 Å². The number of fused-ring (bicyclic) bond motifs is 13. The van der Waals surface area contributed by atoms with E-state index in [0.29, 0.717) is 0 Å². The van der Waals surface area contributed by atoms with E-state index in [-0.39, 0.29) is 5.41 Å². The van der Waals surface area contributed by atoms with E-state index in [2.05, 4.69) is 158 Å². The fourth-order valence-corrected chi connectivity index (χ4v) is 10.0. The smallest absolute Gasteiger partial charge is 0.0725 e. The van der Waals surface area contributed by atoms with Gasteiger partial charge >= 0.3 is 0 Å². The minimum absolute atomic E-state index is 0.384. The van der Waals surface area contributed by atoms with Crippen molar-refractivity contribution in [1.82, 2.24) is 0 Å². The molecular weight excluding hydrogens is 573 g/mol. The fourth-order valence-electron chi connectivity index (χ4n) is 8.91. The minimum Gasteiger partial charge on any atom is -0.0888 e. The molecule has 46 heavy (non-hydrogen) atoms. The summed E-state index contributed by atoms with van der Waals surface area (Å²) in [5.41, 5.74) is 15.8. The maximum absolute atomic E-state index is 2.47. The topological polar surface area (TPSA) is 0 Å². The van der Waals surface area contributed by atoms with Crippen molar-refractivity contribution in [2.45, 2.75) is 15.2 Å². The second-order valence-corrected chi connectivity index (χ2v) is 13.8. The van der Waals surface area contributed by atoms with Crippen LogP contribution >= 0.6 is 11.8 Å². The summed E-state index contributed by atoms with van der Waals surface area (Å²) < 4.78 is 0. The van der Waals surface area contributed by atoms with Gasteiger partial charge in [0.1, 0.15) is 0 Å². The van der Waals surface area contributed by atoms with Crippen LogP contribution in [0.15, 0.2) is 168 Å². The van der Waals surface area contributed by atoms with Gasteiger partial charge in [-0.15, -0.1) is 0 Å². The Morgan fingerprint density at radius 3 is 1.78 bits per heavy atom. The van der Waals surface area contributed by atoms with Crippen LogP contribution in [0.4, 0.5) is 0 Å². The molecule has 0 fully saturated rings. The summed E-state index contributed by atoms with van der Waals surface area (Å²) >= 11 is 1.89. The average molecular weight is 599 g/mol. The van der Waals surface area contributed by atoms with E-state index < -0.39 is 0 Å². The van der Waals surface area contributed by atoms with E-state index in [4.69, 9.17) is 0 Å². The minimum atomic E-state index is -0.384. The maximum Gasteiger partial charge on any atom is 0.0725 e. The van der Waals surface area contributed by atoms with Crippen LogP contribution in [0, 0.1) is 0 Å². The van der Waals surface area contributed by atoms with E-state index in [1.807, 2.05) is 11.8 Å². The first-order valence-electron chi connectivity index (χ1n) is 16.0. The Labute approximate surface area is 272 Å². The molecule has 3 aliphatic rings. The lowest BCUT2D eigenvalue weighted by atomic mass is 9.70. The van der Waals surface area contributed by atoms with E-state index in [1.54, 1.807) is 0 Å². The van der Waals surface area contributed by atoms with E-state index in [9.17, 15) is 0 Å². The first kappa shape index (κ1) is 24.9. The summed E-state index contributed by atoms with van der Waals surface area (Å²) in [6.45, 7) is 0. The molecular formula is C45H26S. The van der Waals surface area contributed by atoms with Gasteiger partial charge in [-0.2, -0.15) is 0 Å². The van der Waals surface area contributed by atoms with E-state index in [1.165, 1.54) is 98.1 Å². The van der Waals surface area contributed by atoms with Gasteiger partial charge in [0.2, 0.25) is 0 Å². The molecule has 1 heteroatoms. The standard InChI is InChI=1S/C45H26S/c1-2-12-29-26-39-35(25-28(29)11-1)30-14-3-6-18-36(30)45(39)37-19-7-4-15-33(37)43-31(17-10-20-38(43)45)32-24-23-27-13-9-22-41-42(27)44(32)34-16-5-8-21-40(34)46-41/h1-26H. The Hall–Kier alpha value is -5.37. The van der Waals surface area contributed by atoms with Crippen molar-refractivity contribution in [1.29, 1.82) is 0 Å². The molecule has 11 rings (SSSR count). The maximum atomic E-state index is 2.47. The molecule has 0 aromatic heterocycles. The van der Waals surface area contributed by atoms with Gasteiger partial charge in [0.05, 0.1) is 5.41 Å². The monoisotopic (exact) mass is 598 g/mol. The van der Waals surface area contributed by atoms with Crippen LogP contribution in [0.25, 0.3) is 66.1 Å². The highest BCUT2D eigenvalue weighted by atomic mass is 32.2. The second-order valence-electron chi connectivity index (χ2n) is 12.8. The van der Waals surface area contributed by atoms with Gasteiger partial charge in [-0.1, -0.05) is 145 Å². The van der Waals surface area contributed by atoms with Crippen LogP contribution in [0.1, 0.15) is 22.3 Å². The van der Waals surface area contributed by atoms with Gasteiger partial charge in [-0.25, -0.2) is 0 Å². The number of rotatable bonds is 1. The van der Waals surface area contributed by atoms with Gasteiger partial charge in [-0.05, 0) is 107 Å². The molecule has 2 aliphatic carbocycles. The van der Waals surface area contributed by atoms with Crippen molar-refractivity contribution in [3.8, 4) is 44.5 Å². The van der Waals surface area contributed by atoms with Crippen molar-refractivity contribution >= 4 is 33.3 Å². The molecule has 0 amide bonds. The third-order valence-corrected chi connectivity index (χ3v) is 11.8. The Morgan fingerprint density at radius 2 is 0.913 bits per heavy atom. The van der Waals surface area contributed by atoms with Crippen LogP contribution in [-0.4, -0.2) is 0 Å². The Kier molecular flexibility index (Phi) is 4.80. The number of hydrogen-bond acceptors (Lipinski definition) is 1. The quantitative estimate of drug-likeness (QED) is 0.181. The third kappa shape index (κ3) is 2.97. The summed E-state index contributed by atoms with van der Waals surface area (Å²) in [7, 11) is 0. The highest BCUT2D eigenvalue weighted by Crippen LogP contribution is 2.65. The number of hydrogen-bond donors (Lipinski definition) is 0. The Balaban J connectivity index is 1.29. The molecule has 0 N–H and O–H groups in total. The largest absolute Gasteiger partial charge is 0.0888 e. The molecule has 1 unspecified atom stereocenters. The zero-order valence-corrected chi connectivity index (χ0v) is 25.7. The summed E-state index contributed by atoms with van der Waals surface area (Å²) in [6, 6.07) is 59.5. The van der Waals surface area contributed by atoms with Gasteiger partial charge in [0.25, 0.3) is 0 Å². The van der Waals surface area contributed by atoms with Gasteiger partial charge in [0, 0.05) is 15.2 Å². The molecule has 0 radical (unpaired) electrons. The van der Waals surface area contributed by atoms with Gasteiger partial charge in [-0.3, -0.25) is 0 Å². The van der Waals surface area contributed by atoms with Crippen LogP contribution in [0.3, 0.4) is 0 Å². The summed E-state index contributed by atoms with van der Waals surface area (Å²) in [5.74, 6) is 0. The molecule has 1 atom stereocenters. The summed E-state index contributed by atoms with van der Waals surface area (Å²) in [6.07, 6.45) is 0. The first-order valence-corrected chi connectivity index (χ1v) is 16.8. The highest BCUT2D eigenvalue weighted by Gasteiger charge is 2.52. The molecule has 1 heterocycles. The zero-order valence-electron chi connectivity index (χ0n) is 24.9. The lowest BCUT2D eigenvalue weighted by Crippen LogP contribution is -2.25. The molecule has 1 aliphatic heterocycles. The predicted octanol–water partition coefficient (Wildman–Crippen LogP) is 12.1. The molecule has 8 aromatic rings. The molecule has 212 valence electrons. The zero-order chi connectivity index (χ0) is 30.0. The van der Waals surface area contributed by atoms with E-state index in [0.717, 1.165) is 0 Å². The van der Waals surface area contributed by atoms with Crippen molar-refractivity contribution in [2.75, 3.05) is 0 Å². The van der Waals surface area contributed by atoms with Gasteiger partial charge < -0.3 is 0 Å². The lowest BCUT2D eigenvalue weighted by Gasteiger charge is -2.31. The van der Waals surface area contributed by atoms with E-state index >= 15 is 0 Å². The van der Waals surface area contributed by atoms with Crippen LogP contribution in [-0.2, 0) is 5.41 Å². The first-order chi connectivity index (χ1) is 22.8. The molecule has 8 aromatic carbocycles. The van der Waals surface area contributed by atoms with Crippen LogP contribution < -0.4 is 0 Å². The summed E-state index contributed by atoms with van der Waals surface area (Å²) in [4.78, 5) is 2.66. The van der Waals surface area contributed by atoms with Crippen LogP contribution in [0.2, 0.25) is 0 Å². The molecule has 0 nitrogen and oxygen atoms in total. The predicted molar refractivity (Wildman–Crippen MR) is 193 cm³/mol. The third-order valence-electron chi connectivity index (χ3n) is 10.7. The van der Waals surface area contributed by atoms with Crippen molar-refractivity contribution in [3.63, 3.8) is 0 Å². The molecule has 0 bridgehead atoms.